The van der Waals surface area contributed by atoms with E-state index in [1.165, 1.54) is 18.6 Å². The van der Waals surface area contributed by atoms with Gasteiger partial charge in [0.15, 0.2) is 0 Å². The normalized spacial score (nSPS) is 24.2. The van der Waals surface area contributed by atoms with Crippen LogP contribution < -0.4 is 21.3 Å². The van der Waals surface area contributed by atoms with Gasteiger partial charge in [-0.25, -0.2) is 4.98 Å². The first-order valence-corrected chi connectivity index (χ1v) is 18.2. The molecule has 1 aromatic heterocycles. The maximum absolute atomic E-state index is 14.6. The molecule has 0 aromatic carbocycles. The van der Waals surface area contributed by atoms with E-state index >= 15 is 0 Å². The lowest BCUT2D eigenvalue weighted by molar-refractivity contribution is -0.146. The Hall–Kier alpha value is -3.90. The van der Waals surface area contributed by atoms with Crippen LogP contribution in [-0.2, 0) is 24.0 Å². The summed E-state index contributed by atoms with van der Waals surface area (Å²) in [6.45, 7) is 7.85. The van der Waals surface area contributed by atoms with Crippen LogP contribution in [0.15, 0.2) is 18.6 Å². The Morgan fingerprint density at radius 1 is 0.898 bits per heavy atom. The number of ketones is 1. The van der Waals surface area contributed by atoms with Gasteiger partial charge in [0.05, 0.1) is 12.2 Å². The number of Topliss-reactive ketones (excluding diaryl/α,β-unsaturated/α-hetero) is 1. The summed E-state index contributed by atoms with van der Waals surface area (Å²) < 4.78 is 0. The third-order valence-electron chi connectivity index (χ3n) is 10.7. The van der Waals surface area contributed by atoms with Gasteiger partial charge >= 0.3 is 0 Å². The second-order valence-corrected chi connectivity index (χ2v) is 15.5. The van der Waals surface area contributed by atoms with Crippen LogP contribution in [0.3, 0.4) is 0 Å². The van der Waals surface area contributed by atoms with E-state index < -0.39 is 59.0 Å². The Balaban J connectivity index is 1.36. The number of likely N-dealkylation sites (tertiary alicyclic amines) is 1. The standard InChI is InChI=1S/C36H53N7O6/c1-5-10-25(29(44)34(48)39-23-15-16-23)40-33(47)28-24-14-9-13-22(24)20-43(28)35(49)30(36(2,3)4)42-32(46)27(21-11-7-6-8-12-21)41-31(45)26-19-37-17-18-38-26/h17-19,21-25,27-28,30H,5-16,20H2,1-4H3,(H,39,48)(H,40,47)(H,41,45)(H,42,46)/t22-,24+,25-,27-,28+,30-/m0/s1. The highest BCUT2D eigenvalue weighted by atomic mass is 16.2. The van der Waals surface area contributed by atoms with Crippen molar-refractivity contribution in [2.45, 2.75) is 135 Å². The average Bonchev–Trinajstić information content (AvgIpc) is 3.65. The first-order chi connectivity index (χ1) is 23.4. The van der Waals surface area contributed by atoms with Crippen LogP contribution in [0.25, 0.3) is 0 Å². The quantitative estimate of drug-likeness (QED) is 0.230. The van der Waals surface area contributed by atoms with Crippen molar-refractivity contribution in [1.82, 2.24) is 36.1 Å². The van der Waals surface area contributed by atoms with Crippen LogP contribution in [-0.4, -0.2) is 86.9 Å². The van der Waals surface area contributed by atoms with Crippen LogP contribution in [0, 0.1) is 23.2 Å². The van der Waals surface area contributed by atoms with Gasteiger partial charge in [-0.1, -0.05) is 59.8 Å². The van der Waals surface area contributed by atoms with Gasteiger partial charge in [-0.2, -0.15) is 0 Å². The number of nitrogens with one attached hydrogen (secondary N) is 4. The smallest absolute Gasteiger partial charge is 0.289 e. The van der Waals surface area contributed by atoms with Gasteiger partial charge in [0, 0.05) is 25.0 Å². The van der Waals surface area contributed by atoms with Crippen LogP contribution in [0.1, 0.15) is 115 Å². The average molecular weight is 680 g/mol. The van der Waals surface area contributed by atoms with Gasteiger partial charge < -0.3 is 26.2 Å². The molecule has 0 unspecified atom stereocenters. The minimum absolute atomic E-state index is 0.0132. The lowest BCUT2D eigenvalue weighted by atomic mass is 9.82. The van der Waals surface area contributed by atoms with Crippen LogP contribution in [0.2, 0.25) is 0 Å². The van der Waals surface area contributed by atoms with E-state index in [1.54, 1.807) is 4.90 Å². The first-order valence-electron chi connectivity index (χ1n) is 18.2. The predicted octanol–water partition coefficient (Wildman–Crippen LogP) is 2.45. The molecule has 6 atom stereocenters. The number of fused-ring (bicyclic) bond motifs is 1. The monoisotopic (exact) mass is 679 g/mol. The summed E-state index contributed by atoms with van der Waals surface area (Å²) in [4.78, 5) is 91.4. The zero-order valence-electron chi connectivity index (χ0n) is 29.3. The molecule has 13 nitrogen and oxygen atoms in total. The molecule has 3 saturated carbocycles. The molecule has 4 aliphatic rings. The molecule has 4 fully saturated rings. The molecular weight excluding hydrogens is 626 g/mol. The summed E-state index contributed by atoms with van der Waals surface area (Å²) >= 11 is 0. The van der Waals surface area contributed by atoms with Crippen molar-refractivity contribution >= 4 is 35.3 Å². The van der Waals surface area contributed by atoms with E-state index in [0.29, 0.717) is 19.4 Å². The van der Waals surface area contributed by atoms with E-state index in [-0.39, 0.29) is 35.4 Å². The van der Waals surface area contributed by atoms with Crippen LogP contribution >= 0.6 is 0 Å². The van der Waals surface area contributed by atoms with E-state index in [0.717, 1.165) is 64.2 Å². The number of rotatable bonds is 13. The number of hydrogen-bond acceptors (Lipinski definition) is 8. The van der Waals surface area contributed by atoms with Crippen molar-refractivity contribution in [3.63, 3.8) is 0 Å². The minimum atomic E-state index is -0.994. The van der Waals surface area contributed by atoms with Gasteiger partial charge in [0.1, 0.15) is 23.8 Å². The van der Waals surface area contributed by atoms with E-state index in [4.69, 9.17) is 0 Å². The predicted molar refractivity (Wildman–Crippen MR) is 181 cm³/mol. The number of hydrogen-bond donors (Lipinski definition) is 4. The van der Waals surface area contributed by atoms with Crippen molar-refractivity contribution in [2.24, 2.45) is 23.2 Å². The fourth-order valence-electron chi connectivity index (χ4n) is 7.87. The maximum atomic E-state index is 14.6. The molecule has 3 aliphatic carbocycles. The molecule has 0 radical (unpaired) electrons. The summed E-state index contributed by atoms with van der Waals surface area (Å²) in [6.07, 6.45) is 13.9. The molecule has 268 valence electrons. The summed E-state index contributed by atoms with van der Waals surface area (Å²) in [5.74, 6) is -3.20. The Morgan fingerprint density at radius 2 is 1.63 bits per heavy atom. The molecule has 0 spiro atoms. The van der Waals surface area contributed by atoms with Crippen molar-refractivity contribution in [3.8, 4) is 0 Å². The third kappa shape index (κ3) is 8.83. The summed E-state index contributed by atoms with van der Waals surface area (Å²) in [6, 6.07) is -3.68. The van der Waals surface area contributed by atoms with Crippen molar-refractivity contribution in [3.05, 3.63) is 24.3 Å². The van der Waals surface area contributed by atoms with Crippen molar-refractivity contribution in [2.75, 3.05) is 6.54 Å². The zero-order chi connectivity index (χ0) is 35.3. The second kappa shape index (κ2) is 15.8. The fraction of sp³-hybridized carbons (Fsp3) is 0.722. The number of amides is 5. The molecule has 13 heteroatoms. The lowest BCUT2D eigenvalue weighted by Crippen LogP contribution is -2.62. The topological polar surface area (TPSA) is 180 Å². The van der Waals surface area contributed by atoms with Crippen LogP contribution in [0.4, 0.5) is 0 Å². The summed E-state index contributed by atoms with van der Waals surface area (Å²) in [5.41, 5.74) is -0.638. The molecule has 4 N–H and O–H groups in total. The van der Waals surface area contributed by atoms with Crippen molar-refractivity contribution < 1.29 is 28.8 Å². The number of carbonyl (C=O) groups is 6. The number of nitrogens with zero attached hydrogens (tertiary/aromatic N) is 3. The second-order valence-electron chi connectivity index (χ2n) is 15.5. The third-order valence-corrected chi connectivity index (χ3v) is 10.7. The fourth-order valence-corrected chi connectivity index (χ4v) is 7.87. The van der Waals surface area contributed by atoms with Gasteiger partial charge in [-0.3, -0.25) is 33.8 Å². The number of aromatic nitrogens is 2. The highest BCUT2D eigenvalue weighted by molar-refractivity contribution is 6.38. The zero-order valence-corrected chi connectivity index (χ0v) is 29.3. The molecular formula is C36H53N7O6. The minimum Gasteiger partial charge on any atom is -0.347 e. The summed E-state index contributed by atoms with van der Waals surface area (Å²) in [7, 11) is 0. The Labute approximate surface area is 288 Å². The first kappa shape index (κ1) is 36.4. The Kier molecular flexibility index (Phi) is 11.7. The molecule has 49 heavy (non-hydrogen) atoms. The van der Waals surface area contributed by atoms with E-state index in [2.05, 4.69) is 31.2 Å². The van der Waals surface area contributed by atoms with Gasteiger partial charge in [-0.05, 0) is 68.1 Å². The van der Waals surface area contributed by atoms with Crippen molar-refractivity contribution in [1.29, 1.82) is 0 Å². The SMILES string of the molecule is CCC[C@H](NC(=O)[C@H]1[C@@H]2CCC[C@H]2CN1C(=O)[C@H](NC(=O)[C@@H](NC(=O)c1cnccn1)C1CCCCC1)C(C)(C)C)C(=O)C(=O)NC1CC1. The highest BCUT2D eigenvalue weighted by Gasteiger charge is 2.52. The molecule has 5 rings (SSSR count). The molecule has 2 heterocycles. The highest BCUT2D eigenvalue weighted by Crippen LogP contribution is 2.43. The molecule has 1 aromatic rings. The molecule has 1 aliphatic heterocycles. The van der Waals surface area contributed by atoms with Gasteiger partial charge in [0.25, 0.3) is 11.8 Å². The Morgan fingerprint density at radius 3 is 2.27 bits per heavy atom. The largest absolute Gasteiger partial charge is 0.347 e. The van der Waals surface area contributed by atoms with Gasteiger partial charge in [-0.15, -0.1) is 0 Å². The van der Waals surface area contributed by atoms with E-state index in [1.807, 2.05) is 27.7 Å². The van der Waals surface area contributed by atoms with Crippen LogP contribution in [0.5, 0.6) is 0 Å². The number of carbonyl (C=O) groups excluding carboxylic acids is 6. The molecule has 0 bridgehead atoms. The molecule has 1 saturated heterocycles. The lowest BCUT2D eigenvalue weighted by Gasteiger charge is -2.38. The van der Waals surface area contributed by atoms with E-state index in [9.17, 15) is 28.8 Å². The summed E-state index contributed by atoms with van der Waals surface area (Å²) in [5, 5.41) is 11.5. The maximum Gasteiger partial charge on any atom is 0.289 e. The Bertz CT molecular complexity index is 1390. The van der Waals surface area contributed by atoms with Gasteiger partial charge in [0.2, 0.25) is 23.5 Å². The molecule has 5 amide bonds.